The van der Waals surface area contributed by atoms with Crippen molar-refractivity contribution >= 4 is 5.78 Å². The van der Waals surface area contributed by atoms with Crippen molar-refractivity contribution in [3.05, 3.63) is 12.2 Å². The molecule has 0 aromatic carbocycles. The summed E-state index contributed by atoms with van der Waals surface area (Å²) in [5.41, 5.74) is 0. The molecule has 0 unspecified atom stereocenters. The van der Waals surface area contributed by atoms with Gasteiger partial charge in [0.15, 0.2) is 5.78 Å². The summed E-state index contributed by atoms with van der Waals surface area (Å²) in [7, 11) is 0. The van der Waals surface area contributed by atoms with Crippen LogP contribution in [-0.2, 0) is 4.79 Å². The van der Waals surface area contributed by atoms with E-state index in [0.717, 1.165) is 12.3 Å². The molecule has 0 rings (SSSR count). The molecule has 88 valence electrons. The van der Waals surface area contributed by atoms with Gasteiger partial charge in [-0.15, -0.1) is 0 Å². The molecule has 0 aromatic rings. The van der Waals surface area contributed by atoms with Crippen LogP contribution in [0.5, 0.6) is 0 Å². The molecular formula is C14H26O. The fraction of sp³-hybridized carbons (Fsp3) is 0.786. The number of rotatable bonds is 9. The number of allylic oxidation sites excluding steroid dienone is 2. The molecule has 0 atom stereocenters. The predicted octanol–water partition coefficient (Wildman–Crippen LogP) is 4.52. The highest BCUT2D eigenvalue weighted by Gasteiger charge is 1.94. The molecule has 0 radical (unpaired) electrons. The summed E-state index contributed by atoms with van der Waals surface area (Å²) >= 11 is 0. The van der Waals surface area contributed by atoms with Crippen LogP contribution in [0.3, 0.4) is 0 Å². The second-order valence-electron chi connectivity index (χ2n) is 4.61. The highest BCUT2D eigenvalue weighted by atomic mass is 16.1. The Kier molecular flexibility index (Phi) is 9.55. The lowest BCUT2D eigenvalue weighted by molar-refractivity contribution is -0.114. The van der Waals surface area contributed by atoms with E-state index in [-0.39, 0.29) is 5.78 Å². The van der Waals surface area contributed by atoms with Crippen LogP contribution in [0.4, 0.5) is 0 Å². The standard InChI is InChI=1S/C14H26O/c1-4-14(15)12-10-8-6-5-7-9-11-13(2)3/h10,12-13H,4-9,11H2,1-3H3/b12-10-. The minimum absolute atomic E-state index is 0.245. The summed E-state index contributed by atoms with van der Waals surface area (Å²) in [5, 5.41) is 0. The molecule has 0 aromatic heterocycles. The Morgan fingerprint density at radius 2 is 1.80 bits per heavy atom. The van der Waals surface area contributed by atoms with Gasteiger partial charge in [0.2, 0.25) is 0 Å². The number of ketones is 1. The maximum absolute atomic E-state index is 10.9. The molecule has 0 aliphatic rings. The fourth-order valence-corrected chi connectivity index (χ4v) is 1.50. The van der Waals surface area contributed by atoms with Crippen molar-refractivity contribution in [3.8, 4) is 0 Å². The van der Waals surface area contributed by atoms with Gasteiger partial charge in [0.05, 0.1) is 0 Å². The Bertz CT molecular complexity index is 180. The molecule has 0 amide bonds. The van der Waals surface area contributed by atoms with E-state index in [1.165, 1.54) is 32.1 Å². The number of carbonyl (C=O) groups excluding carboxylic acids is 1. The Labute approximate surface area is 95.0 Å². The Morgan fingerprint density at radius 1 is 1.13 bits per heavy atom. The first-order chi connectivity index (χ1) is 7.16. The Morgan fingerprint density at radius 3 is 2.40 bits per heavy atom. The van der Waals surface area contributed by atoms with Crippen molar-refractivity contribution in [1.29, 1.82) is 0 Å². The molecule has 0 bridgehead atoms. The molecule has 0 saturated carbocycles. The van der Waals surface area contributed by atoms with Gasteiger partial charge < -0.3 is 0 Å². The first-order valence-corrected chi connectivity index (χ1v) is 6.36. The van der Waals surface area contributed by atoms with Gasteiger partial charge in [-0.2, -0.15) is 0 Å². The van der Waals surface area contributed by atoms with Gasteiger partial charge >= 0.3 is 0 Å². The van der Waals surface area contributed by atoms with E-state index in [2.05, 4.69) is 13.8 Å². The zero-order valence-corrected chi connectivity index (χ0v) is 10.6. The first kappa shape index (κ1) is 14.4. The van der Waals surface area contributed by atoms with Gasteiger partial charge in [-0.25, -0.2) is 0 Å². The smallest absolute Gasteiger partial charge is 0.155 e. The summed E-state index contributed by atoms with van der Waals surface area (Å²) in [6.45, 7) is 6.46. The Hall–Kier alpha value is -0.590. The van der Waals surface area contributed by atoms with Crippen molar-refractivity contribution in [2.24, 2.45) is 5.92 Å². The van der Waals surface area contributed by atoms with Gasteiger partial charge in [0.25, 0.3) is 0 Å². The lowest BCUT2D eigenvalue weighted by Gasteiger charge is -2.02. The van der Waals surface area contributed by atoms with Crippen LogP contribution in [0.1, 0.15) is 65.7 Å². The van der Waals surface area contributed by atoms with Gasteiger partial charge in [-0.3, -0.25) is 4.79 Å². The van der Waals surface area contributed by atoms with E-state index < -0.39 is 0 Å². The van der Waals surface area contributed by atoms with Crippen LogP contribution in [-0.4, -0.2) is 5.78 Å². The van der Waals surface area contributed by atoms with Gasteiger partial charge in [-0.1, -0.05) is 52.5 Å². The van der Waals surface area contributed by atoms with Crippen molar-refractivity contribution in [3.63, 3.8) is 0 Å². The molecule has 0 saturated heterocycles. The number of hydrogen-bond acceptors (Lipinski definition) is 1. The van der Waals surface area contributed by atoms with Crippen LogP contribution < -0.4 is 0 Å². The van der Waals surface area contributed by atoms with E-state index in [1.54, 1.807) is 6.08 Å². The summed E-state index contributed by atoms with van der Waals surface area (Å²) in [6.07, 6.45) is 12.0. The molecule has 0 aliphatic heterocycles. The molecule has 0 spiro atoms. The van der Waals surface area contributed by atoms with E-state index in [1.807, 2.05) is 13.0 Å². The molecule has 1 nitrogen and oxygen atoms in total. The molecule has 0 heterocycles. The highest BCUT2D eigenvalue weighted by Crippen LogP contribution is 2.10. The van der Waals surface area contributed by atoms with Gasteiger partial charge in [0, 0.05) is 6.42 Å². The third-order valence-electron chi connectivity index (χ3n) is 2.55. The fourth-order valence-electron chi connectivity index (χ4n) is 1.50. The lowest BCUT2D eigenvalue weighted by Crippen LogP contribution is -1.88. The molecular weight excluding hydrogens is 184 g/mol. The average Bonchev–Trinajstić information content (AvgIpc) is 2.21. The van der Waals surface area contributed by atoms with E-state index >= 15 is 0 Å². The average molecular weight is 210 g/mol. The molecule has 0 fully saturated rings. The van der Waals surface area contributed by atoms with Crippen LogP contribution >= 0.6 is 0 Å². The highest BCUT2D eigenvalue weighted by molar-refractivity contribution is 5.89. The predicted molar refractivity (Wildman–Crippen MR) is 67.0 cm³/mol. The third-order valence-corrected chi connectivity index (χ3v) is 2.55. The SMILES string of the molecule is CCC(=O)/C=C\CCCCCCC(C)C. The third kappa shape index (κ3) is 11.3. The largest absolute Gasteiger partial charge is 0.295 e. The lowest BCUT2D eigenvalue weighted by atomic mass is 10.0. The molecule has 15 heavy (non-hydrogen) atoms. The topological polar surface area (TPSA) is 17.1 Å². The second kappa shape index (κ2) is 9.95. The first-order valence-electron chi connectivity index (χ1n) is 6.36. The summed E-state index contributed by atoms with van der Waals surface area (Å²) in [5.74, 6) is 1.09. The van der Waals surface area contributed by atoms with Crippen molar-refractivity contribution < 1.29 is 4.79 Å². The minimum atomic E-state index is 0.245. The number of carbonyl (C=O) groups is 1. The summed E-state index contributed by atoms with van der Waals surface area (Å²) in [4.78, 5) is 10.9. The minimum Gasteiger partial charge on any atom is -0.295 e. The van der Waals surface area contributed by atoms with Crippen LogP contribution in [0.15, 0.2) is 12.2 Å². The van der Waals surface area contributed by atoms with Crippen molar-refractivity contribution in [1.82, 2.24) is 0 Å². The molecule has 1 heteroatoms. The van der Waals surface area contributed by atoms with Gasteiger partial charge in [-0.05, 0) is 24.8 Å². The van der Waals surface area contributed by atoms with Crippen molar-refractivity contribution in [2.75, 3.05) is 0 Å². The second-order valence-corrected chi connectivity index (χ2v) is 4.61. The van der Waals surface area contributed by atoms with E-state index in [9.17, 15) is 4.79 Å². The molecule has 0 N–H and O–H groups in total. The van der Waals surface area contributed by atoms with Crippen LogP contribution in [0.2, 0.25) is 0 Å². The van der Waals surface area contributed by atoms with E-state index in [0.29, 0.717) is 6.42 Å². The quantitative estimate of drug-likeness (QED) is 0.404. The van der Waals surface area contributed by atoms with Crippen molar-refractivity contribution in [2.45, 2.75) is 65.7 Å². The Balaban J connectivity index is 3.18. The maximum Gasteiger partial charge on any atom is 0.155 e. The number of unbranched alkanes of at least 4 members (excludes halogenated alkanes) is 4. The zero-order chi connectivity index (χ0) is 11.5. The van der Waals surface area contributed by atoms with Gasteiger partial charge in [0.1, 0.15) is 0 Å². The zero-order valence-electron chi connectivity index (χ0n) is 10.6. The number of hydrogen-bond donors (Lipinski definition) is 0. The maximum atomic E-state index is 10.9. The van der Waals surface area contributed by atoms with Crippen LogP contribution in [0, 0.1) is 5.92 Å². The van der Waals surface area contributed by atoms with E-state index in [4.69, 9.17) is 0 Å². The normalized spacial score (nSPS) is 11.5. The monoisotopic (exact) mass is 210 g/mol. The summed E-state index contributed by atoms with van der Waals surface area (Å²) in [6, 6.07) is 0. The molecule has 0 aliphatic carbocycles. The summed E-state index contributed by atoms with van der Waals surface area (Å²) < 4.78 is 0. The van der Waals surface area contributed by atoms with Crippen LogP contribution in [0.25, 0.3) is 0 Å².